The van der Waals surface area contributed by atoms with Gasteiger partial charge in [-0.15, -0.1) is 11.3 Å². The monoisotopic (exact) mass is 466 g/mol. The topological polar surface area (TPSA) is 51.2 Å². The number of carbonyl (C=O) groups excluding carboxylic acids is 1. The molecule has 0 unspecified atom stereocenters. The first-order valence-corrected chi connectivity index (χ1v) is 12.4. The van der Waals surface area contributed by atoms with E-state index in [0.29, 0.717) is 6.42 Å². The Balaban J connectivity index is 1.10. The lowest BCUT2D eigenvalue weighted by molar-refractivity contribution is -0.130. The molecule has 33 heavy (non-hydrogen) atoms. The van der Waals surface area contributed by atoms with Gasteiger partial charge in [-0.05, 0) is 90.6 Å². The van der Waals surface area contributed by atoms with Crippen LogP contribution in [-0.4, -0.2) is 62.8 Å². The van der Waals surface area contributed by atoms with E-state index in [1.54, 1.807) is 18.4 Å². The van der Waals surface area contributed by atoms with Crippen molar-refractivity contribution in [3.05, 3.63) is 52.4 Å². The fraction of sp³-hybridized carbons (Fsp3) is 0.423. The highest BCUT2D eigenvalue weighted by Crippen LogP contribution is 2.36. The second-order valence-electron chi connectivity index (χ2n) is 8.81. The van der Waals surface area contributed by atoms with Crippen LogP contribution in [0, 0.1) is 0 Å². The molecule has 2 aromatic carbocycles. The van der Waals surface area contributed by atoms with Gasteiger partial charge in [0.05, 0.1) is 13.5 Å². The van der Waals surface area contributed by atoms with Crippen molar-refractivity contribution in [3.8, 4) is 17.2 Å². The standard InChI is InChI=1S/C26H30N2O4S/c1-27(10-6-19-16-33-25-15-21(30-2)4-5-22(19)25)8-3-9-28-11-7-18-12-23-24(32-17-31-23)13-20(18)14-26(28)29/h4-5,12-13,15-16H,3,6-11,14,17H2,1-2H3. The van der Waals surface area contributed by atoms with Crippen molar-refractivity contribution in [1.82, 2.24) is 9.80 Å². The van der Waals surface area contributed by atoms with Gasteiger partial charge in [0.15, 0.2) is 11.5 Å². The molecule has 0 spiro atoms. The number of ether oxygens (including phenoxy) is 3. The minimum Gasteiger partial charge on any atom is -0.497 e. The summed E-state index contributed by atoms with van der Waals surface area (Å²) in [6, 6.07) is 10.3. The zero-order valence-corrected chi connectivity index (χ0v) is 20.1. The maximum atomic E-state index is 12.8. The molecule has 174 valence electrons. The molecule has 2 aliphatic rings. The molecular weight excluding hydrogens is 436 g/mol. The molecule has 0 aliphatic carbocycles. The molecule has 0 bridgehead atoms. The Labute approximate surface area is 198 Å². The quantitative estimate of drug-likeness (QED) is 0.500. The number of hydrogen-bond donors (Lipinski definition) is 0. The summed E-state index contributed by atoms with van der Waals surface area (Å²) in [4.78, 5) is 17.2. The first-order valence-electron chi connectivity index (χ1n) is 11.5. The zero-order chi connectivity index (χ0) is 22.8. The van der Waals surface area contributed by atoms with Gasteiger partial charge in [0, 0.05) is 24.3 Å². The minimum absolute atomic E-state index is 0.204. The molecule has 0 atom stereocenters. The van der Waals surface area contributed by atoms with Crippen LogP contribution in [-0.2, 0) is 24.1 Å². The number of benzene rings is 2. The average Bonchev–Trinajstić information content (AvgIpc) is 3.41. The predicted octanol–water partition coefficient (Wildman–Crippen LogP) is 4.13. The average molecular weight is 467 g/mol. The second-order valence-corrected chi connectivity index (χ2v) is 9.72. The summed E-state index contributed by atoms with van der Waals surface area (Å²) >= 11 is 1.78. The van der Waals surface area contributed by atoms with Crippen LogP contribution in [0.25, 0.3) is 10.1 Å². The summed E-state index contributed by atoms with van der Waals surface area (Å²) in [5, 5.41) is 3.59. The SMILES string of the molecule is COc1ccc2c(CCN(C)CCCN3CCc4cc5c(cc4CC3=O)OCO5)csc2c1. The number of amides is 1. The number of likely N-dealkylation sites (N-methyl/N-ethyl adjacent to an activating group) is 1. The number of nitrogens with zero attached hydrogens (tertiary/aromatic N) is 2. The Morgan fingerprint density at radius 1 is 1.12 bits per heavy atom. The molecule has 0 fully saturated rings. The molecule has 1 amide bonds. The van der Waals surface area contributed by atoms with Gasteiger partial charge in [-0.1, -0.05) is 0 Å². The summed E-state index contributed by atoms with van der Waals surface area (Å²) < 4.78 is 17.6. The van der Waals surface area contributed by atoms with E-state index in [0.717, 1.165) is 68.3 Å². The molecule has 6 nitrogen and oxygen atoms in total. The van der Waals surface area contributed by atoms with E-state index in [1.165, 1.54) is 21.2 Å². The Kier molecular flexibility index (Phi) is 6.42. The van der Waals surface area contributed by atoms with Gasteiger partial charge in [-0.2, -0.15) is 0 Å². The van der Waals surface area contributed by atoms with Gasteiger partial charge < -0.3 is 24.0 Å². The van der Waals surface area contributed by atoms with Gasteiger partial charge in [0.25, 0.3) is 0 Å². The van der Waals surface area contributed by atoms with Crippen LogP contribution in [0.4, 0.5) is 0 Å². The molecule has 5 rings (SSSR count). The van der Waals surface area contributed by atoms with Crippen molar-refractivity contribution in [1.29, 1.82) is 0 Å². The van der Waals surface area contributed by atoms with Crippen molar-refractivity contribution < 1.29 is 19.0 Å². The number of thiophene rings is 1. The van der Waals surface area contributed by atoms with Gasteiger partial charge in [-0.25, -0.2) is 0 Å². The molecule has 1 aromatic heterocycles. The second kappa shape index (κ2) is 9.61. The summed E-state index contributed by atoms with van der Waals surface area (Å²) in [5.74, 6) is 2.67. The van der Waals surface area contributed by atoms with Gasteiger partial charge in [0.1, 0.15) is 5.75 Å². The maximum absolute atomic E-state index is 12.8. The highest BCUT2D eigenvalue weighted by atomic mass is 32.1. The molecule has 0 saturated heterocycles. The summed E-state index contributed by atoms with van der Waals surface area (Å²) in [7, 11) is 3.87. The van der Waals surface area contributed by atoms with Crippen molar-refractivity contribution in [2.24, 2.45) is 0 Å². The minimum atomic E-state index is 0.204. The molecule has 0 N–H and O–H groups in total. The maximum Gasteiger partial charge on any atom is 0.231 e. The van der Waals surface area contributed by atoms with Crippen LogP contribution in [0.2, 0.25) is 0 Å². The number of hydrogen-bond acceptors (Lipinski definition) is 6. The van der Waals surface area contributed by atoms with E-state index in [9.17, 15) is 4.79 Å². The van der Waals surface area contributed by atoms with Crippen LogP contribution in [0.3, 0.4) is 0 Å². The highest BCUT2D eigenvalue weighted by molar-refractivity contribution is 7.17. The van der Waals surface area contributed by atoms with E-state index >= 15 is 0 Å². The van der Waals surface area contributed by atoms with Crippen LogP contribution < -0.4 is 14.2 Å². The summed E-state index contributed by atoms with van der Waals surface area (Å²) in [6.07, 6.45) is 3.31. The highest BCUT2D eigenvalue weighted by Gasteiger charge is 2.24. The van der Waals surface area contributed by atoms with E-state index in [4.69, 9.17) is 14.2 Å². The first-order chi connectivity index (χ1) is 16.1. The third-order valence-electron chi connectivity index (χ3n) is 6.63. The third kappa shape index (κ3) is 4.80. The lowest BCUT2D eigenvalue weighted by Crippen LogP contribution is -2.35. The van der Waals surface area contributed by atoms with Crippen LogP contribution in [0.15, 0.2) is 35.7 Å². The Hall–Kier alpha value is -2.77. The van der Waals surface area contributed by atoms with Crippen molar-refractivity contribution >= 4 is 27.3 Å². The summed E-state index contributed by atoms with van der Waals surface area (Å²) in [5.41, 5.74) is 3.67. The lowest BCUT2D eigenvalue weighted by atomic mass is 10.0. The van der Waals surface area contributed by atoms with Crippen LogP contribution in [0.5, 0.6) is 17.2 Å². The van der Waals surface area contributed by atoms with Crippen molar-refractivity contribution in [3.63, 3.8) is 0 Å². The fourth-order valence-corrected chi connectivity index (χ4v) is 5.68. The number of fused-ring (bicyclic) bond motifs is 3. The zero-order valence-electron chi connectivity index (χ0n) is 19.3. The number of carbonyl (C=O) groups is 1. The number of methoxy groups -OCH3 is 1. The van der Waals surface area contributed by atoms with Crippen molar-refractivity contribution in [2.45, 2.75) is 25.7 Å². The Morgan fingerprint density at radius 3 is 2.76 bits per heavy atom. The molecule has 0 saturated carbocycles. The first kappa shape index (κ1) is 22.0. The van der Waals surface area contributed by atoms with E-state index < -0.39 is 0 Å². The molecular formula is C26H30N2O4S. The lowest BCUT2D eigenvalue weighted by Gasteiger charge is -2.22. The van der Waals surface area contributed by atoms with E-state index in [2.05, 4.69) is 29.5 Å². The molecule has 3 heterocycles. The molecule has 7 heteroatoms. The Morgan fingerprint density at radius 2 is 1.94 bits per heavy atom. The van der Waals surface area contributed by atoms with Crippen molar-refractivity contribution in [2.75, 3.05) is 47.1 Å². The third-order valence-corrected chi connectivity index (χ3v) is 7.63. The van der Waals surface area contributed by atoms with Crippen LogP contribution in [0.1, 0.15) is 23.1 Å². The van der Waals surface area contributed by atoms with E-state index in [1.807, 2.05) is 23.1 Å². The molecule has 3 aromatic rings. The van der Waals surface area contributed by atoms with Crippen LogP contribution >= 0.6 is 11.3 Å². The summed E-state index contributed by atoms with van der Waals surface area (Å²) in [6.45, 7) is 3.80. The fourth-order valence-electron chi connectivity index (χ4n) is 4.65. The van der Waals surface area contributed by atoms with Gasteiger partial charge in [0.2, 0.25) is 12.7 Å². The Bertz CT molecular complexity index is 1160. The van der Waals surface area contributed by atoms with Gasteiger partial charge >= 0.3 is 0 Å². The van der Waals surface area contributed by atoms with Gasteiger partial charge in [-0.3, -0.25) is 4.79 Å². The largest absolute Gasteiger partial charge is 0.497 e. The predicted molar refractivity (Wildman–Crippen MR) is 131 cm³/mol. The normalized spacial score (nSPS) is 15.2. The van der Waals surface area contributed by atoms with E-state index in [-0.39, 0.29) is 12.7 Å². The molecule has 0 radical (unpaired) electrons. The molecule has 2 aliphatic heterocycles. The number of rotatable bonds is 8. The smallest absolute Gasteiger partial charge is 0.231 e.